The van der Waals surface area contributed by atoms with Crippen molar-refractivity contribution in [2.24, 2.45) is 0 Å². The van der Waals surface area contributed by atoms with E-state index in [2.05, 4.69) is 93.8 Å². The number of benzene rings is 3. The summed E-state index contributed by atoms with van der Waals surface area (Å²) in [7, 11) is 8.52. The van der Waals surface area contributed by atoms with E-state index in [9.17, 15) is 0 Å². The molecule has 0 bridgehead atoms. The van der Waals surface area contributed by atoms with E-state index in [1.54, 1.807) is 82.5 Å². The zero-order chi connectivity index (χ0) is 43.0. The van der Waals surface area contributed by atoms with Crippen LogP contribution in [0.25, 0.3) is 6.08 Å². The molecule has 0 unspecified atom stereocenters. The molecule has 1 radical (unpaired) electrons. The van der Waals surface area contributed by atoms with Crippen LogP contribution in [0.15, 0.2) is 109 Å². The Kier molecular flexibility index (Phi) is 30.7. The van der Waals surface area contributed by atoms with Crippen molar-refractivity contribution in [3.63, 3.8) is 0 Å². The van der Waals surface area contributed by atoms with Crippen LogP contribution < -0.4 is 0 Å². The van der Waals surface area contributed by atoms with Gasteiger partial charge >= 0.3 is 35.5 Å². The van der Waals surface area contributed by atoms with Crippen LogP contribution in [0.2, 0.25) is 18.1 Å². The van der Waals surface area contributed by atoms with Gasteiger partial charge in [0, 0.05) is 83.2 Å². The van der Waals surface area contributed by atoms with E-state index in [1.807, 2.05) is 24.3 Å². The highest BCUT2D eigenvalue weighted by atomic mass is 28.4. The van der Waals surface area contributed by atoms with E-state index in [0.29, 0.717) is 0 Å². The highest BCUT2D eigenvalue weighted by molar-refractivity contribution is 6.77. The predicted octanol–water partition coefficient (Wildman–Crippen LogP) is 9.26. The highest BCUT2D eigenvalue weighted by Crippen LogP contribution is 2.19. The summed E-state index contributed by atoms with van der Waals surface area (Å²) in [5, 5.41) is 0. The van der Waals surface area contributed by atoms with Gasteiger partial charge in [0.25, 0.3) is 0 Å². The van der Waals surface area contributed by atoms with Crippen LogP contribution in [0.3, 0.4) is 0 Å². The van der Waals surface area contributed by atoms with Crippen molar-refractivity contribution in [1.29, 1.82) is 0 Å². The molecule has 0 saturated carbocycles. The van der Waals surface area contributed by atoms with Crippen molar-refractivity contribution in [3.05, 3.63) is 137 Å². The van der Waals surface area contributed by atoms with E-state index in [4.69, 9.17) is 44.3 Å². The van der Waals surface area contributed by atoms with Gasteiger partial charge in [0.05, 0.1) is 0 Å². The Balaban J connectivity index is 0.000000750. The lowest BCUT2D eigenvalue weighted by atomic mass is 10.1. The van der Waals surface area contributed by atoms with Crippen LogP contribution >= 0.6 is 0 Å². The summed E-state index contributed by atoms with van der Waals surface area (Å²) < 4.78 is 52.8. The molecule has 3 rings (SSSR count). The van der Waals surface area contributed by atoms with Gasteiger partial charge in [-0.3, -0.25) is 0 Å². The van der Waals surface area contributed by atoms with Crippen molar-refractivity contribution < 1.29 is 44.3 Å². The first kappa shape index (κ1) is 54.3. The molecule has 0 fully saturated rings. The predicted molar refractivity (Wildman–Crippen MR) is 242 cm³/mol. The van der Waals surface area contributed by atoms with Crippen molar-refractivity contribution in [1.82, 2.24) is 0 Å². The lowest BCUT2D eigenvalue weighted by Crippen LogP contribution is -2.43. The molecule has 3 aromatic rings. The summed E-state index contributed by atoms with van der Waals surface area (Å²) in [5.41, 5.74) is 9.90. The minimum absolute atomic E-state index is 0.792. The Bertz CT molecular complexity index is 1440. The Hall–Kier alpha value is -2.65. The van der Waals surface area contributed by atoms with Gasteiger partial charge < -0.3 is 44.3 Å². The standard InChI is InChI=1S/C13H20O3Si.C12H20O3Si.C12H19O2Si.C6H12O2Si/c1-14-17(15-2,16-3)12-8-7-11-13-9-5-4-6-10-13;1-11-7-5-6-8-12(11)9-10-16(13-2,14-3)15-4;1-11-6-8-12(9-7-11)5-4-10-15(13-2)14-3;1-5-9(6-2,7-3)8-4/h4-7,9-11H,8,12H2,1-3H3;5-8H,9-10H2,1-4H3;6-9H,4-5,10H2,1-3H3;5-6H,1-2H2,3-4H3. The van der Waals surface area contributed by atoms with E-state index >= 15 is 0 Å². The monoisotopic (exact) mass is 859 g/mol. The molecule has 0 aromatic heterocycles. The second kappa shape index (κ2) is 32.2. The van der Waals surface area contributed by atoms with Gasteiger partial charge in [-0.15, -0.1) is 13.2 Å². The quantitative estimate of drug-likeness (QED) is 0.0860. The van der Waals surface area contributed by atoms with Crippen molar-refractivity contribution in [2.75, 3.05) is 71.1 Å². The molecule has 14 heteroatoms. The number of rotatable bonds is 23. The first-order valence-corrected chi connectivity index (χ1v) is 26.2. The molecule has 57 heavy (non-hydrogen) atoms. The van der Waals surface area contributed by atoms with Crippen molar-refractivity contribution in [3.8, 4) is 0 Å². The molecule has 0 N–H and O–H groups in total. The molecule has 0 aliphatic rings. The molecule has 10 nitrogen and oxygen atoms in total. The average Bonchev–Trinajstić information content (AvgIpc) is 3.27. The number of allylic oxidation sites excluding steroid dienone is 1. The molecule has 0 heterocycles. The molecule has 0 spiro atoms. The third-order valence-corrected chi connectivity index (χ3v) is 18.8. The Morgan fingerprint density at radius 1 is 0.561 bits per heavy atom. The number of hydrogen-bond donors (Lipinski definition) is 0. The van der Waals surface area contributed by atoms with Gasteiger partial charge in [0.15, 0.2) is 0 Å². The summed E-state index contributed by atoms with van der Waals surface area (Å²) in [6.07, 6.45) is 8.28. The maximum Gasteiger partial charge on any atom is 0.500 e. The second-order valence-electron chi connectivity index (χ2n) is 12.5. The van der Waals surface area contributed by atoms with Crippen LogP contribution in [0.4, 0.5) is 0 Å². The molecule has 3 aromatic carbocycles. The van der Waals surface area contributed by atoms with Gasteiger partial charge in [0.1, 0.15) is 0 Å². The van der Waals surface area contributed by atoms with Crippen LogP contribution in [0.1, 0.15) is 40.7 Å². The van der Waals surface area contributed by atoms with E-state index in [-0.39, 0.29) is 0 Å². The third-order valence-electron chi connectivity index (χ3n) is 9.18. The Morgan fingerprint density at radius 3 is 1.49 bits per heavy atom. The molecule has 0 aliphatic heterocycles. The molecule has 0 aliphatic carbocycles. The molecule has 0 amide bonds. The molecule has 0 saturated heterocycles. The SMILES string of the molecule is C=C[Si](C=C)(OC)OC.CO[Si](CCC=Cc1ccccc1)(OC)OC.CO[Si](CCCc1ccc(C)cc1)OC.CO[Si](CCc1ccccc1C)(OC)OC. The van der Waals surface area contributed by atoms with Gasteiger partial charge in [-0.2, -0.15) is 0 Å². The second-order valence-corrected chi connectivity index (χ2v) is 23.8. The smallest absolute Gasteiger partial charge is 0.397 e. The summed E-state index contributed by atoms with van der Waals surface area (Å²) in [6.45, 7) is 11.4. The van der Waals surface area contributed by atoms with E-state index < -0.39 is 35.5 Å². The van der Waals surface area contributed by atoms with Crippen LogP contribution in [0.5, 0.6) is 0 Å². The normalized spacial score (nSPS) is 11.5. The topological polar surface area (TPSA) is 92.3 Å². The average molecular weight is 860 g/mol. The summed E-state index contributed by atoms with van der Waals surface area (Å²) >= 11 is 0. The summed E-state index contributed by atoms with van der Waals surface area (Å²) in [5.74, 6) is 0. The summed E-state index contributed by atoms with van der Waals surface area (Å²) in [4.78, 5) is 0. The Labute approximate surface area is 350 Å². The molecular formula is C43H71O10Si4. The first-order chi connectivity index (χ1) is 27.4. The van der Waals surface area contributed by atoms with Gasteiger partial charge in [-0.05, 0) is 79.2 Å². The fourth-order valence-electron chi connectivity index (χ4n) is 5.31. The largest absolute Gasteiger partial charge is 0.500 e. The summed E-state index contributed by atoms with van der Waals surface area (Å²) in [6, 6.07) is 29.9. The third kappa shape index (κ3) is 21.8. The van der Waals surface area contributed by atoms with Crippen LogP contribution in [-0.4, -0.2) is 107 Å². The maximum absolute atomic E-state index is 5.39. The number of hydrogen-bond acceptors (Lipinski definition) is 10. The maximum atomic E-state index is 5.39. The molecular weight excluding hydrogens is 789 g/mol. The first-order valence-electron chi connectivity index (χ1n) is 18.9. The van der Waals surface area contributed by atoms with Crippen LogP contribution in [-0.2, 0) is 57.1 Å². The van der Waals surface area contributed by atoms with Crippen molar-refractivity contribution >= 4 is 41.5 Å². The van der Waals surface area contributed by atoms with Gasteiger partial charge in [-0.25, -0.2) is 0 Å². The fraction of sp³-hybridized carbons (Fsp3) is 0.442. The van der Waals surface area contributed by atoms with Gasteiger partial charge in [0.2, 0.25) is 0 Å². The highest BCUT2D eigenvalue weighted by Gasteiger charge is 2.37. The minimum Gasteiger partial charge on any atom is -0.397 e. The number of aryl methyl sites for hydroxylation is 4. The zero-order valence-electron chi connectivity index (χ0n) is 36.8. The molecule has 319 valence electrons. The van der Waals surface area contributed by atoms with Crippen molar-refractivity contribution in [2.45, 2.75) is 57.7 Å². The lowest BCUT2D eigenvalue weighted by Gasteiger charge is -2.24. The fourth-order valence-corrected chi connectivity index (χ4v) is 10.7. The minimum atomic E-state index is -2.42. The lowest BCUT2D eigenvalue weighted by molar-refractivity contribution is 0.123. The zero-order valence-corrected chi connectivity index (χ0v) is 40.8. The Morgan fingerprint density at radius 2 is 1.05 bits per heavy atom. The van der Waals surface area contributed by atoms with Gasteiger partial charge in [-0.1, -0.05) is 96.6 Å². The van der Waals surface area contributed by atoms with E-state index in [0.717, 1.165) is 43.8 Å². The van der Waals surface area contributed by atoms with E-state index in [1.165, 1.54) is 27.8 Å². The van der Waals surface area contributed by atoms with Crippen LogP contribution in [0, 0.1) is 13.8 Å². The molecule has 0 atom stereocenters.